The van der Waals surface area contributed by atoms with Crippen LogP contribution in [0.5, 0.6) is 0 Å². The maximum Gasteiger partial charge on any atom is 0.255 e. The van der Waals surface area contributed by atoms with Gasteiger partial charge in [-0.1, -0.05) is 32.0 Å². The highest BCUT2D eigenvalue weighted by Gasteiger charge is 2.11. The molecule has 0 saturated heterocycles. The Labute approximate surface area is 147 Å². The van der Waals surface area contributed by atoms with Crippen LogP contribution in [0, 0.1) is 5.92 Å². The van der Waals surface area contributed by atoms with Crippen molar-refractivity contribution in [2.45, 2.75) is 20.8 Å². The largest absolute Gasteiger partial charge is 0.352 e. The van der Waals surface area contributed by atoms with Crippen molar-refractivity contribution in [2.75, 3.05) is 11.9 Å². The number of carbonyl (C=O) groups excluding carboxylic acids is 3. The summed E-state index contributed by atoms with van der Waals surface area (Å²) in [7, 11) is 0. The van der Waals surface area contributed by atoms with Crippen LogP contribution in [-0.2, 0) is 0 Å². The molecule has 2 amide bonds. The lowest BCUT2D eigenvalue weighted by molar-refractivity contribution is 0.0948. The molecule has 130 valence electrons. The number of benzene rings is 2. The molecule has 0 fully saturated rings. The Bertz CT molecular complexity index is 797. The van der Waals surface area contributed by atoms with E-state index in [4.69, 9.17) is 0 Å². The van der Waals surface area contributed by atoms with Gasteiger partial charge in [0, 0.05) is 28.9 Å². The van der Waals surface area contributed by atoms with Crippen molar-refractivity contribution in [3.8, 4) is 0 Å². The highest BCUT2D eigenvalue weighted by atomic mass is 16.2. The number of Topliss-reactive ketones (excluding diaryl/α,β-unsaturated/α-hetero) is 1. The molecule has 5 heteroatoms. The van der Waals surface area contributed by atoms with Crippen molar-refractivity contribution in [1.82, 2.24) is 5.32 Å². The Kier molecular flexibility index (Phi) is 6.06. The average molecular weight is 338 g/mol. The van der Waals surface area contributed by atoms with Gasteiger partial charge in [-0.25, -0.2) is 0 Å². The van der Waals surface area contributed by atoms with Gasteiger partial charge in [-0.3, -0.25) is 14.4 Å². The molecule has 0 bridgehead atoms. The number of nitrogens with one attached hydrogen (secondary N) is 2. The fraction of sp³-hybridized carbons (Fsp3) is 0.250. The van der Waals surface area contributed by atoms with E-state index in [1.807, 2.05) is 13.8 Å². The first-order chi connectivity index (χ1) is 11.9. The van der Waals surface area contributed by atoms with Crippen LogP contribution in [0.4, 0.5) is 5.69 Å². The van der Waals surface area contributed by atoms with Crippen molar-refractivity contribution in [2.24, 2.45) is 5.92 Å². The number of hydrogen-bond donors (Lipinski definition) is 2. The Hall–Kier alpha value is -2.95. The van der Waals surface area contributed by atoms with Crippen molar-refractivity contribution >= 4 is 23.3 Å². The van der Waals surface area contributed by atoms with Crippen molar-refractivity contribution in [1.29, 1.82) is 0 Å². The summed E-state index contributed by atoms with van der Waals surface area (Å²) in [6.07, 6.45) is 0. The second-order valence-electron chi connectivity index (χ2n) is 6.28. The number of hydrogen-bond acceptors (Lipinski definition) is 3. The van der Waals surface area contributed by atoms with Gasteiger partial charge in [-0.15, -0.1) is 0 Å². The minimum Gasteiger partial charge on any atom is -0.352 e. The summed E-state index contributed by atoms with van der Waals surface area (Å²) in [5.74, 6) is -0.259. The van der Waals surface area contributed by atoms with Crippen LogP contribution >= 0.6 is 0 Å². The molecule has 25 heavy (non-hydrogen) atoms. The van der Waals surface area contributed by atoms with E-state index in [0.717, 1.165) is 0 Å². The Morgan fingerprint density at radius 3 is 2.12 bits per heavy atom. The smallest absolute Gasteiger partial charge is 0.255 e. The van der Waals surface area contributed by atoms with Crippen LogP contribution in [0.3, 0.4) is 0 Å². The number of amides is 2. The SMILES string of the molecule is CC(=O)c1cccc(NC(=O)c2cccc(C(=O)NCC(C)C)c2)c1. The van der Waals surface area contributed by atoms with Crippen LogP contribution in [0.25, 0.3) is 0 Å². The fourth-order valence-corrected chi connectivity index (χ4v) is 2.22. The molecule has 0 aliphatic heterocycles. The highest BCUT2D eigenvalue weighted by molar-refractivity contribution is 6.06. The third kappa shape index (κ3) is 5.28. The summed E-state index contributed by atoms with van der Waals surface area (Å²) in [4.78, 5) is 36.0. The minimum absolute atomic E-state index is 0.0695. The molecule has 0 aliphatic rings. The van der Waals surface area contributed by atoms with Crippen LogP contribution < -0.4 is 10.6 Å². The lowest BCUT2D eigenvalue weighted by Crippen LogP contribution is -2.27. The Morgan fingerprint density at radius 2 is 1.48 bits per heavy atom. The van der Waals surface area contributed by atoms with Gasteiger partial charge >= 0.3 is 0 Å². The molecule has 0 heterocycles. The van der Waals surface area contributed by atoms with Crippen LogP contribution in [0.15, 0.2) is 48.5 Å². The zero-order valence-corrected chi connectivity index (χ0v) is 14.6. The summed E-state index contributed by atoms with van der Waals surface area (Å²) >= 11 is 0. The molecule has 0 radical (unpaired) electrons. The summed E-state index contributed by atoms with van der Waals surface area (Å²) in [5, 5.41) is 5.57. The summed E-state index contributed by atoms with van der Waals surface area (Å²) in [6, 6.07) is 13.3. The average Bonchev–Trinajstić information content (AvgIpc) is 2.60. The highest BCUT2D eigenvalue weighted by Crippen LogP contribution is 2.14. The molecule has 0 atom stereocenters. The van der Waals surface area contributed by atoms with Gasteiger partial charge in [0.2, 0.25) is 0 Å². The van der Waals surface area contributed by atoms with Crippen LogP contribution in [-0.4, -0.2) is 24.1 Å². The number of carbonyl (C=O) groups is 3. The molecule has 0 unspecified atom stereocenters. The molecule has 0 saturated carbocycles. The van der Waals surface area contributed by atoms with Crippen molar-refractivity contribution in [3.63, 3.8) is 0 Å². The summed E-state index contributed by atoms with van der Waals surface area (Å²) < 4.78 is 0. The second kappa shape index (κ2) is 8.24. The normalized spacial score (nSPS) is 10.4. The lowest BCUT2D eigenvalue weighted by Gasteiger charge is -2.09. The molecule has 5 nitrogen and oxygen atoms in total. The zero-order valence-electron chi connectivity index (χ0n) is 14.6. The summed E-state index contributed by atoms with van der Waals surface area (Å²) in [5.41, 5.74) is 1.88. The Morgan fingerprint density at radius 1 is 0.880 bits per heavy atom. The van der Waals surface area contributed by atoms with Gasteiger partial charge in [0.25, 0.3) is 11.8 Å². The van der Waals surface area contributed by atoms with Gasteiger partial charge in [0.1, 0.15) is 0 Å². The zero-order chi connectivity index (χ0) is 18.4. The first kappa shape index (κ1) is 18.4. The number of ketones is 1. The van der Waals surface area contributed by atoms with E-state index in [1.54, 1.807) is 48.5 Å². The third-order valence-corrected chi connectivity index (χ3v) is 3.58. The predicted octanol–water partition coefficient (Wildman–Crippen LogP) is 3.53. The van der Waals surface area contributed by atoms with E-state index in [2.05, 4.69) is 10.6 Å². The maximum absolute atomic E-state index is 12.4. The minimum atomic E-state index is -0.334. The van der Waals surface area contributed by atoms with Gasteiger partial charge < -0.3 is 10.6 Å². The van der Waals surface area contributed by atoms with E-state index < -0.39 is 0 Å². The van der Waals surface area contributed by atoms with Gasteiger partial charge in [0.05, 0.1) is 0 Å². The monoisotopic (exact) mass is 338 g/mol. The van der Waals surface area contributed by atoms with Crippen LogP contribution in [0.1, 0.15) is 51.8 Å². The number of rotatable bonds is 6. The van der Waals surface area contributed by atoms with E-state index in [-0.39, 0.29) is 17.6 Å². The standard InChI is InChI=1S/C20H22N2O3/c1-13(2)12-21-19(24)16-7-4-8-17(10-16)20(25)22-18-9-5-6-15(11-18)14(3)23/h4-11,13H,12H2,1-3H3,(H,21,24)(H,22,25). The van der Waals surface area contributed by atoms with Gasteiger partial charge in [-0.05, 0) is 43.2 Å². The molecule has 2 aromatic carbocycles. The van der Waals surface area contributed by atoms with Crippen LogP contribution in [0.2, 0.25) is 0 Å². The van der Waals surface area contributed by atoms with Crippen molar-refractivity contribution in [3.05, 3.63) is 65.2 Å². The van der Waals surface area contributed by atoms with Gasteiger partial charge in [-0.2, -0.15) is 0 Å². The van der Waals surface area contributed by atoms with E-state index >= 15 is 0 Å². The topological polar surface area (TPSA) is 75.3 Å². The molecular weight excluding hydrogens is 316 g/mol. The summed E-state index contributed by atoms with van der Waals surface area (Å²) in [6.45, 7) is 6.08. The van der Waals surface area contributed by atoms with E-state index in [0.29, 0.717) is 34.8 Å². The quantitative estimate of drug-likeness (QED) is 0.791. The molecule has 2 N–H and O–H groups in total. The first-order valence-electron chi connectivity index (χ1n) is 8.17. The lowest BCUT2D eigenvalue weighted by atomic mass is 10.1. The molecule has 0 aromatic heterocycles. The number of anilines is 1. The molecule has 0 spiro atoms. The molecule has 2 aromatic rings. The van der Waals surface area contributed by atoms with E-state index in [1.165, 1.54) is 6.92 Å². The first-order valence-corrected chi connectivity index (χ1v) is 8.17. The van der Waals surface area contributed by atoms with Gasteiger partial charge in [0.15, 0.2) is 5.78 Å². The maximum atomic E-state index is 12.4. The third-order valence-electron chi connectivity index (χ3n) is 3.58. The van der Waals surface area contributed by atoms with Crippen molar-refractivity contribution < 1.29 is 14.4 Å². The Balaban J connectivity index is 2.12. The fourth-order valence-electron chi connectivity index (χ4n) is 2.22. The molecular formula is C20H22N2O3. The van der Waals surface area contributed by atoms with E-state index in [9.17, 15) is 14.4 Å². The predicted molar refractivity (Wildman–Crippen MR) is 98.0 cm³/mol. The second-order valence-corrected chi connectivity index (χ2v) is 6.28. The molecule has 2 rings (SSSR count). The molecule has 0 aliphatic carbocycles.